The third kappa shape index (κ3) is 3.30. The van der Waals surface area contributed by atoms with Gasteiger partial charge in [-0.15, -0.1) is 0 Å². The first-order valence-corrected chi connectivity index (χ1v) is 5.68. The Morgan fingerprint density at radius 1 is 1.24 bits per heavy atom. The zero-order valence-electron chi connectivity index (χ0n) is 10.8. The predicted molar refractivity (Wildman–Crippen MR) is 66.7 cm³/mol. The number of methoxy groups -OCH3 is 1. The minimum atomic E-state index is -0.780. The summed E-state index contributed by atoms with van der Waals surface area (Å²) in [5.41, 5.74) is 0.399. The molecule has 0 aromatic heterocycles. The van der Waals surface area contributed by atoms with Gasteiger partial charge < -0.3 is 9.84 Å². The van der Waals surface area contributed by atoms with Crippen LogP contribution >= 0.6 is 0 Å². The van der Waals surface area contributed by atoms with Crippen LogP contribution in [0.5, 0.6) is 0 Å². The largest absolute Gasteiger partial charge is 0.468 e. The van der Waals surface area contributed by atoms with Crippen molar-refractivity contribution in [1.82, 2.24) is 0 Å². The first-order chi connectivity index (χ1) is 7.88. The van der Waals surface area contributed by atoms with Crippen molar-refractivity contribution in [3.63, 3.8) is 0 Å². The second kappa shape index (κ2) is 5.32. The average molecular weight is 236 g/mol. The van der Waals surface area contributed by atoms with Crippen LogP contribution in [0.1, 0.15) is 32.3 Å². The summed E-state index contributed by atoms with van der Waals surface area (Å²) >= 11 is 0. The molecule has 0 unspecified atom stereocenters. The summed E-state index contributed by atoms with van der Waals surface area (Å²) in [6.45, 7) is 5.70. The quantitative estimate of drug-likeness (QED) is 0.819. The van der Waals surface area contributed by atoms with Crippen LogP contribution in [0.2, 0.25) is 0 Å². The maximum absolute atomic E-state index is 11.8. The smallest absolute Gasteiger partial charge is 0.315 e. The van der Waals surface area contributed by atoms with Crippen molar-refractivity contribution >= 4 is 5.97 Å². The van der Waals surface area contributed by atoms with Gasteiger partial charge in [0.1, 0.15) is 5.92 Å². The van der Waals surface area contributed by atoms with E-state index in [1.807, 2.05) is 51.1 Å². The van der Waals surface area contributed by atoms with E-state index in [2.05, 4.69) is 0 Å². The maximum Gasteiger partial charge on any atom is 0.315 e. The molecule has 0 spiro atoms. The molecular weight excluding hydrogens is 216 g/mol. The number of benzene rings is 1. The third-order valence-corrected chi connectivity index (χ3v) is 2.82. The highest BCUT2D eigenvalue weighted by Gasteiger charge is 2.36. The molecule has 1 aromatic carbocycles. The van der Waals surface area contributed by atoms with Crippen molar-refractivity contribution in [3.05, 3.63) is 35.9 Å². The standard InChI is InChI=1S/C14H20O3/c1-14(2,3)12(15)11(13(16)17-4)10-8-6-5-7-9-10/h5-9,11-12,15H,1-4H3/t11-,12+/m0/s1. The normalized spacial score (nSPS) is 15.1. The van der Waals surface area contributed by atoms with Crippen LogP contribution < -0.4 is 0 Å². The van der Waals surface area contributed by atoms with Crippen LogP contribution in [0.4, 0.5) is 0 Å². The summed E-state index contributed by atoms with van der Waals surface area (Å²) in [5.74, 6) is -1.04. The molecule has 0 aliphatic carbocycles. The fourth-order valence-corrected chi connectivity index (χ4v) is 1.73. The van der Waals surface area contributed by atoms with Gasteiger partial charge in [0, 0.05) is 0 Å². The molecule has 1 N–H and O–H groups in total. The van der Waals surface area contributed by atoms with Crippen LogP contribution in [0.15, 0.2) is 30.3 Å². The predicted octanol–water partition coefficient (Wildman–Crippen LogP) is 2.35. The van der Waals surface area contributed by atoms with Crippen LogP contribution in [0.3, 0.4) is 0 Å². The molecule has 0 aliphatic heterocycles. The van der Waals surface area contributed by atoms with Gasteiger partial charge in [-0.3, -0.25) is 4.79 Å². The number of esters is 1. The molecule has 3 nitrogen and oxygen atoms in total. The van der Waals surface area contributed by atoms with Crippen LogP contribution in [0, 0.1) is 5.41 Å². The molecule has 2 atom stereocenters. The molecule has 0 saturated heterocycles. The minimum Gasteiger partial charge on any atom is -0.468 e. The molecule has 3 heteroatoms. The maximum atomic E-state index is 11.8. The average Bonchev–Trinajstić information content (AvgIpc) is 2.29. The van der Waals surface area contributed by atoms with E-state index in [1.54, 1.807) is 0 Å². The van der Waals surface area contributed by atoms with E-state index < -0.39 is 18.0 Å². The number of carbonyl (C=O) groups is 1. The molecule has 0 bridgehead atoms. The monoisotopic (exact) mass is 236 g/mol. The molecule has 1 rings (SSSR count). The summed E-state index contributed by atoms with van der Waals surface area (Å²) in [6, 6.07) is 9.23. The Labute approximate surface area is 102 Å². The summed E-state index contributed by atoms with van der Waals surface area (Å²) in [4.78, 5) is 11.8. The van der Waals surface area contributed by atoms with Gasteiger partial charge in [0.05, 0.1) is 13.2 Å². The Hall–Kier alpha value is -1.35. The molecule has 0 heterocycles. The van der Waals surface area contributed by atoms with E-state index in [0.29, 0.717) is 0 Å². The topological polar surface area (TPSA) is 46.5 Å². The van der Waals surface area contributed by atoms with E-state index in [9.17, 15) is 9.90 Å². The highest BCUT2D eigenvalue weighted by Crippen LogP contribution is 2.32. The van der Waals surface area contributed by atoms with Gasteiger partial charge in [-0.1, -0.05) is 51.1 Å². The number of ether oxygens (including phenoxy) is 1. The molecule has 0 amide bonds. The van der Waals surface area contributed by atoms with E-state index in [0.717, 1.165) is 5.56 Å². The van der Waals surface area contributed by atoms with Gasteiger partial charge in [-0.05, 0) is 11.0 Å². The Kier molecular flexibility index (Phi) is 4.29. The molecule has 0 fully saturated rings. The van der Waals surface area contributed by atoms with E-state index in [4.69, 9.17) is 4.74 Å². The Bertz CT molecular complexity index is 365. The van der Waals surface area contributed by atoms with Crippen molar-refractivity contribution < 1.29 is 14.6 Å². The lowest BCUT2D eigenvalue weighted by Crippen LogP contribution is -2.37. The van der Waals surface area contributed by atoms with Gasteiger partial charge in [-0.25, -0.2) is 0 Å². The Balaban J connectivity index is 3.10. The van der Waals surface area contributed by atoms with E-state index in [1.165, 1.54) is 7.11 Å². The van der Waals surface area contributed by atoms with Crippen LogP contribution in [0.25, 0.3) is 0 Å². The lowest BCUT2D eigenvalue weighted by atomic mass is 9.78. The summed E-state index contributed by atoms with van der Waals surface area (Å²) in [6.07, 6.45) is -0.780. The van der Waals surface area contributed by atoms with Gasteiger partial charge in [0.15, 0.2) is 0 Å². The summed E-state index contributed by atoms with van der Waals surface area (Å²) in [5, 5.41) is 10.3. The fraction of sp³-hybridized carbons (Fsp3) is 0.500. The SMILES string of the molecule is COC(=O)[C@@H](c1ccccc1)[C@@H](O)C(C)(C)C. The fourth-order valence-electron chi connectivity index (χ4n) is 1.73. The number of carbonyl (C=O) groups excluding carboxylic acids is 1. The highest BCUT2D eigenvalue weighted by molar-refractivity contribution is 5.79. The third-order valence-electron chi connectivity index (χ3n) is 2.82. The zero-order valence-corrected chi connectivity index (χ0v) is 10.8. The molecule has 0 radical (unpaired) electrons. The first-order valence-electron chi connectivity index (χ1n) is 5.68. The number of aliphatic hydroxyl groups excluding tert-OH is 1. The van der Waals surface area contributed by atoms with E-state index >= 15 is 0 Å². The lowest BCUT2D eigenvalue weighted by molar-refractivity contribution is -0.147. The molecule has 0 aliphatic rings. The van der Waals surface area contributed by atoms with Gasteiger partial charge in [0.25, 0.3) is 0 Å². The van der Waals surface area contributed by atoms with Crippen molar-refractivity contribution in [2.75, 3.05) is 7.11 Å². The Morgan fingerprint density at radius 2 is 1.76 bits per heavy atom. The molecular formula is C14H20O3. The van der Waals surface area contributed by atoms with Crippen molar-refractivity contribution in [2.45, 2.75) is 32.8 Å². The van der Waals surface area contributed by atoms with Crippen molar-refractivity contribution in [3.8, 4) is 0 Å². The van der Waals surface area contributed by atoms with Crippen molar-refractivity contribution in [2.24, 2.45) is 5.41 Å². The van der Waals surface area contributed by atoms with Gasteiger partial charge >= 0.3 is 5.97 Å². The molecule has 94 valence electrons. The van der Waals surface area contributed by atoms with Crippen molar-refractivity contribution in [1.29, 1.82) is 0 Å². The highest BCUT2D eigenvalue weighted by atomic mass is 16.5. The summed E-state index contributed by atoms with van der Waals surface area (Å²) < 4.78 is 4.78. The summed E-state index contributed by atoms with van der Waals surface area (Å²) in [7, 11) is 1.34. The molecule has 17 heavy (non-hydrogen) atoms. The molecule has 1 aromatic rings. The second-order valence-electron chi connectivity index (χ2n) is 5.22. The Morgan fingerprint density at radius 3 is 2.18 bits per heavy atom. The van der Waals surface area contributed by atoms with E-state index in [-0.39, 0.29) is 5.41 Å². The number of rotatable bonds is 3. The van der Waals surface area contributed by atoms with Gasteiger partial charge in [0.2, 0.25) is 0 Å². The zero-order chi connectivity index (χ0) is 13.1. The van der Waals surface area contributed by atoms with Crippen LogP contribution in [-0.2, 0) is 9.53 Å². The number of aliphatic hydroxyl groups is 1. The number of hydrogen-bond donors (Lipinski definition) is 1. The number of hydrogen-bond acceptors (Lipinski definition) is 3. The lowest BCUT2D eigenvalue weighted by Gasteiger charge is -2.31. The first kappa shape index (κ1) is 13.7. The minimum absolute atomic E-state index is 0.380. The van der Waals surface area contributed by atoms with Crippen LogP contribution in [-0.4, -0.2) is 24.3 Å². The second-order valence-corrected chi connectivity index (χ2v) is 5.22. The van der Waals surface area contributed by atoms with Gasteiger partial charge in [-0.2, -0.15) is 0 Å². The molecule has 0 saturated carbocycles.